The third-order valence-electron chi connectivity index (χ3n) is 3.76. The van der Waals surface area contributed by atoms with Gasteiger partial charge in [0, 0.05) is 12.0 Å². The fourth-order valence-electron chi connectivity index (χ4n) is 2.28. The van der Waals surface area contributed by atoms with Crippen LogP contribution in [-0.4, -0.2) is 30.9 Å². The Kier molecular flexibility index (Phi) is 3.57. The first-order chi connectivity index (χ1) is 9.91. The van der Waals surface area contributed by atoms with E-state index in [-0.39, 0.29) is 25.3 Å². The van der Waals surface area contributed by atoms with Crippen LogP contribution in [0.2, 0.25) is 0 Å². The Morgan fingerprint density at radius 2 is 2.14 bits per heavy atom. The van der Waals surface area contributed by atoms with Gasteiger partial charge in [0.2, 0.25) is 5.60 Å². The second-order valence-corrected chi connectivity index (χ2v) is 5.13. The van der Waals surface area contributed by atoms with Crippen molar-refractivity contribution in [1.29, 1.82) is 0 Å². The average molecular weight is 304 g/mol. The van der Waals surface area contributed by atoms with Crippen LogP contribution in [0.25, 0.3) is 0 Å². The predicted molar refractivity (Wildman–Crippen MR) is 63.0 cm³/mol. The number of pyridine rings is 1. The summed E-state index contributed by atoms with van der Waals surface area (Å²) < 4.78 is 57.8. The van der Waals surface area contributed by atoms with Gasteiger partial charge in [-0.2, -0.15) is 13.2 Å². The van der Waals surface area contributed by atoms with Gasteiger partial charge in [-0.3, -0.25) is 4.89 Å². The van der Waals surface area contributed by atoms with Gasteiger partial charge in [0.05, 0.1) is 6.61 Å². The molecule has 2 aliphatic rings. The van der Waals surface area contributed by atoms with Crippen LogP contribution in [0.15, 0.2) is 12.3 Å². The summed E-state index contributed by atoms with van der Waals surface area (Å²) in [5.74, 6) is -1.86. The molecule has 1 aliphatic carbocycles. The van der Waals surface area contributed by atoms with E-state index in [0.29, 0.717) is 12.0 Å². The van der Waals surface area contributed by atoms with Crippen molar-refractivity contribution in [1.82, 2.24) is 4.98 Å². The van der Waals surface area contributed by atoms with Gasteiger partial charge in [-0.1, -0.05) is 0 Å². The van der Waals surface area contributed by atoms with Gasteiger partial charge >= 0.3 is 13.7 Å². The first kappa shape index (κ1) is 14.6. The first-order valence-corrected chi connectivity index (χ1v) is 6.44. The second kappa shape index (κ2) is 5.13. The monoisotopic (exact) mass is 304 g/mol. The number of hydrogen-bond acceptors (Lipinski definition) is 4. The number of aromatic nitrogens is 1. The topological polar surface area (TPSA) is 40.6 Å². The van der Waals surface area contributed by atoms with E-state index < -0.39 is 23.5 Å². The Labute approximate surface area is 118 Å². The Morgan fingerprint density at radius 3 is 2.62 bits per heavy atom. The van der Waals surface area contributed by atoms with Crippen LogP contribution in [0.4, 0.5) is 17.6 Å². The van der Waals surface area contributed by atoms with Gasteiger partial charge in [-0.25, -0.2) is 9.37 Å². The molecule has 0 bridgehead atoms. The summed E-state index contributed by atoms with van der Waals surface area (Å²) in [5, 5.41) is 0. The number of rotatable bonds is 3. The smallest absolute Gasteiger partial charge is 0.428 e. The molecular weight excluding hydrogens is 293 g/mol. The number of alkyl halides is 3. The van der Waals surface area contributed by atoms with E-state index >= 15 is 0 Å². The van der Waals surface area contributed by atoms with E-state index in [1.165, 1.54) is 13.7 Å². The Hall–Kier alpha value is -1.35. The molecule has 4 nitrogen and oxygen atoms in total. The van der Waals surface area contributed by atoms with Crippen molar-refractivity contribution in [3.63, 3.8) is 0 Å². The average Bonchev–Trinajstić information content (AvgIpc) is 2.87. The van der Waals surface area contributed by atoms with Gasteiger partial charge in [-0.15, -0.1) is 0 Å². The standard InChI is InChI=1S/C12H11BF4NO3/c14-9-4-7(8-6-19-21-13-8)5-18-10(9)20-11(2-1-3-11)12(15,16)17/h4-5,8H,1-3,6H2. The number of ether oxygens (including phenoxy) is 1. The molecule has 3 rings (SSSR count). The first-order valence-electron chi connectivity index (χ1n) is 6.44. The molecule has 113 valence electrons. The molecule has 1 radical (unpaired) electrons. The summed E-state index contributed by atoms with van der Waals surface area (Å²) in [4.78, 5) is 12.9. The van der Waals surface area contributed by atoms with Gasteiger partial charge in [0.25, 0.3) is 5.88 Å². The second-order valence-electron chi connectivity index (χ2n) is 5.13. The zero-order valence-corrected chi connectivity index (χ0v) is 10.8. The summed E-state index contributed by atoms with van der Waals surface area (Å²) in [6, 6.07) is 1.09. The van der Waals surface area contributed by atoms with Gasteiger partial charge in [0.1, 0.15) is 0 Å². The summed E-state index contributed by atoms with van der Waals surface area (Å²) in [6.45, 7) is 0.202. The molecule has 2 heterocycles. The number of halogens is 4. The van der Waals surface area contributed by atoms with Crippen molar-refractivity contribution in [2.24, 2.45) is 0 Å². The van der Waals surface area contributed by atoms with Crippen molar-refractivity contribution in [3.05, 3.63) is 23.6 Å². The predicted octanol–water partition coefficient (Wildman–Crippen LogP) is 2.71. The number of nitrogens with zero attached hydrogens (tertiary/aromatic N) is 1. The van der Waals surface area contributed by atoms with Gasteiger partial charge in [0.15, 0.2) is 5.82 Å². The zero-order chi connectivity index (χ0) is 15.1. The summed E-state index contributed by atoms with van der Waals surface area (Å²) in [6.07, 6.45) is -3.25. The minimum atomic E-state index is -4.54. The van der Waals surface area contributed by atoms with Crippen LogP contribution in [-0.2, 0) is 9.69 Å². The molecule has 1 aliphatic heterocycles. The molecular formula is C12H11BF4NO3. The fourth-order valence-corrected chi connectivity index (χ4v) is 2.28. The minimum absolute atomic E-state index is 0.183. The van der Waals surface area contributed by atoms with Crippen LogP contribution in [0.3, 0.4) is 0 Å². The maximum Gasteiger partial charge on any atom is 0.428 e. The molecule has 0 N–H and O–H groups in total. The third-order valence-corrected chi connectivity index (χ3v) is 3.76. The van der Waals surface area contributed by atoms with Crippen molar-refractivity contribution >= 4 is 7.48 Å². The molecule has 1 saturated heterocycles. The highest BCUT2D eigenvalue weighted by Crippen LogP contribution is 2.48. The van der Waals surface area contributed by atoms with Crippen LogP contribution >= 0.6 is 0 Å². The molecule has 9 heteroatoms. The Balaban J connectivity index is 1.80. The lowest BCUT2D eigenvalue weighted by molar-refractivity contribution is -0.275. The maximum absolute atomic E-state index is 13.9. The molecule has 1 aromatic heterocycles. The van der Waals surface area contributed by atoms with Crippen molar-refractivity contribution in [2.45, 2.75) is 36.9 Å². The van der Waals surface area contributed by atoms with Crippen LogP contribution in [0, 0.1) is 5.82 Å². The largest absolute Gasteiger partial charge is 0.459 e. The van der Waals surface area contributed by atoms with Crippen LogP contribution in [0.5, 0.6) is 5.88 Å². The lowest BCUT2D eigenvalue weighted by Crippen LogP contribution is -2.55. The normalized spacial score (nSPS) is 24.3. The maximum atomic E-state index is 13.9. The fraction of sp³-hybridized carbons (Fsp3) is 0.583. The summed E-state index contributed by atoms with van der Waals surface area (Å²) >= 11 is 0. The highest BCUT2D eigenvalue weighted by Gasteiger charge is 2.61. The van der Waals surface area contributed by atoms with E-state index in [9.17, 15) is 17.6 Å². The molecule has 0 amide bonds. The molecule has 1 atom stereocenters. The molecule has 2 fully saturated rings. The lowest BCUT2D eigenvalue weighted by Gasteiger charge is -2.42. The van der Waals surface area contributed by atoms with E-state index in [0.717, 1.165) is 6.07 Å². The summed E-state index contributed by atoms with van der Waals surface area (Å²) in [7, 11) is 1.36. The summed E-state index contributed by atoms with van der Waals surface area (Å²) in [5.41, 5.74) is -1.86. The van der Waals surface area contributed by atoms with Crippen molar-refractivity contribution in [2.75, 3.05) is 6.61 Å². The minimum Gasteiger partial charge on any atom is -0.459 e. The Bertz CT molecular complexity index is 530. The van der Waals surface area contributed by atoms with E-state index in [1.807, 2.05) is 0 Å². The SMILES string of the molecule is Fc1cc(C2[B]OOC2)cnc1OC1(C(F)(F)F)CCC1. The molecule has 0 spiro atoms. The molecule has 1 aromatic rings. The lowest BCUT2D eigenvalue weighted by atomic mass is 9.77. The quantitative estimate of drug-likeness (QED) is 0.489. The number of hydrogen-bond donors (Lipinski definition) is 0. The zero-order valence-electron chi connectivity index (χ0n) is 10.8. The van der Waals surface area contributed by atoms with E-state index in [2.05, 4.69) is 14.7 Å². The molecule has 1 saturated carbocycles. The van der Waals surface area contributed by atoms with E-state index in [4.69, 9.17) is 4.74 Å². The highest BCUT2D eigenvalue weighted by molar-refractivity contribution is 6.30. The molecule has 21 heavy (non-hydrogen) atoms. The third kappa shape index (κ3) is 2.60. The van der Waals surface area contributed by atoms with Gasteiger partial charge in [-0.05, 0) is 30.9 Å². The highest BCUT2D eigenvalue weighted by atomic mass is 19.4. The van der Waals surface area contributed by atoms with E-state index in [1.54, 1.807) is 0 Å². The molecule has 1 unspecified atom stereocenters. The Morgan fingerprint density at radius 1 is 1.38 bits per heavy atom. The van der Waals surface area contributed by atoms with Crippen LogP contribution in [0.1, 0.15) is 30.6 Å². The van der Waals surface area contributed by atoms with Crippen LogP contribution < -0.4 is 4.74 Å². The van der Waals surface area contributed by atoms with Gasteiger partial charge < -0.3 is 9.54 Å². The van der Waals surface area contributed by atoms with Crippen molar-refractivity contribution < 1.29 is 32.0 Å². The molecule has 0 aromatic carbocycles. The van der Waals surface area contributed by atoms with Crippen molar-refractivity contribution in [3.8, 4) is 5.88 Å².